The summed E-state index contributed by atoms with van der Waals surface area (Å²) in [7, 11) is 0. The quantitative estimate of drug-likeness (QED) is 0.649. The van der Waals surface area contributed by atoms with E-state index in [0.717, 1.165) is 12.1 Å². The molecular formula is C17H14F6O. The summed E-state index contributed by atoms with van der Waals surface area (Å²) in [5.41, 5.74) is -1.28. The van der Waals surface area contributed by atoms with Crippen molar-refractivity contribution in [3.05, 3.63) is 64.2 Å². The monoisotopic (exact) mass is 348 g/mol. The summed E-state index contributed by atoms with van der Waals surface area (Å²) >= 11 is 0. The first-order valence-corrected chi connectivity index (χ1v) is 7.22. The lowest BCUT2D eigenvalue weighted by molar-refractivity contribution is -0.188. The number of rotatable bonds is 5. The maximum Gasteiger partial charge on any atom is 0.427 e. The largest absolute Gasteiger partial charge is 0.427 e. The molecular weight excluding hydrogens is 334 g/mol. The molecule has 0 saturated carbocycles. The summed E-state index contributed by atoms with van der Waals surface area (Å²) in [6, 6.07) is 2.49. The van der Waals surface area contributed by atoms with Crippen LogP contribution >= 0.6 is 0 Å². The molecule has 0 fully saturated rings. The molecule has 0 aliphatic rings. The second kappa shape index (κ2) is 6.75. The van der Waals surface area contributed by atoms with Crippen molar-refractivity contribution in [2.24, 2.45) is 0 Å². The molecule has 0 radical (unpaired) electrons. The lowest BCUT2D eigenvalue weighted by Gasteiger charge is -2.20. The zero-order valence-corrected chi connectivity index (χ0v) is 12.9. The van der Waals surface area contributed by atoms with Crippen molar-refractivity contribution < 1.29 is 31.1 Å². The van der Waals surface area contributed by atoms with Gasteiger partial charge in [0.15, 0.2) is 17.4 Å². The van der Waals surface area contributed by atoms with Gasteiger partial charge in [-0.1, -0.05) is 13.8 Å². The van der Waals surface area contributed by atoms with Crippen LogP contribution < -0.4 is 4.74 Å². The van der Waals surface area contributed by atoms with Crippen molar-refractivity contribution in [2.45, 2.75) is 32.8 Å². The average molecular weight is 348 g/mol. The fraction of sp³-hybridized carbons (Fsp3) is 0.294. The topological polar surface area (TPSA) is 9.23 Å². The van der Waals surface area contributed by atoms with Crippen LogP contribution in [0.4, 0.5) is 26.3 Å². The Morgan fingerprint density at radius 1 is 0.792 bits per heavy atom. The molecule has 2 aromatic rings. The number of hydrogen-bond donors (Lipinski definition) is 0. The van der Waals surface area contributed by atoms with E-state index in [-0.39, 0.29) is 17.5 Å². The maximum absolute atomic E-state index is 14.1. The van der Waals surface area contributed by atoms with Gasteiger partial charge in [-0.15, -0.1) is 0 Å². The van der Waals surface area contributed by atoms with Gasteiger partial charge < -0.3 is 4.74 Å². The van der Waals surface area contributed by atoms with E-state index in [1.165, 1.54) is 6.92 Å². The summed E-state index contributed by atoms with van der Waals surface area (Å²) < 4.78 is 87.2. The Morgan fingerprint density at radius 2 is 1.29 bits per heavy atom. The van der Waals surface area contributed by atoms with E-state index in [1.807, 2.05) is 0 Å². The van der Waals surface area contributed by atoms with E-state index >= 15 is 0 Å². The van der Waals surface area contributed by atoms with E-state index in [0.29, 0.717) is 18.6 Å². The molecule has 0 atom stereocenters. The van der Waals surface area contributed by atoms with E-state index in [1.54, 1.807) is 6.92 Å². The number of ether oxygens (including phenoxy) is 1. The van der Waals surface area contributed by atoms with Crippen LogP contribution in [0.25, 0.3) is 0 Å². The fourth-order valence-corrected chi connectivity index (χ4v) is 2.21. The minimum atomic E-state index is -4.32. The van der Waals surface area contributed by atoms with E-state index < -0.39 is 40.7 Å². The van der Waals surface area contributed by atoms with Gasteiger partial charge in [-0.3, -0.25) is 0 Å². The summed E-state index contributed by atoms with van der Waals surface area (Å²) in [5, 5.41) is 0. The van der Waals surface area contributed by atoms with Gasteiger partial charge in [-0.25, -0.2) is 17.6 Å². The first-order valence-electron chi connectivity index (χ1n) is 7.22. The molecule has 0 N–H and O–H groups in total. The number of benzene rings is 2. The Labute approximate surface area is 134 Å². The van der Waals surface area contributed by atoms with Crippen LogP contribution in [0.3, 0.4) is 0 Å². The molecule has 0 unspecified atom stereocenters. The van der Waals surface area contributed by atoms with Gasteiger partial charge in [0, 0.05) is 5.56 Å². The van der Waals surface area contributed by atoms with Crippen LogP contribution in [0.5, 0.6) is 5.75 Å². The Morgan fingerprint density at radius 3 is 1.71 bits per heavy atom. The molecule has 0 aliphatic carbocycles. The predicted octanol–water partition coefficient (Wildman–Crippen LogP) is 5.50. The van der Waals surface area contributed by atoms with Gasteiger partial charge in [-0.05, 0) is 42.7 Å². The lowest BCUT2D eigenvalue weighted by Crippen LogP contribution is -2.24. The highest BCUT2D eigenvalue weighted by Crippen LogP contribution is 2.36. The van der Waals surface area contributed by atoms with Crippen molar-refractivity contribution >= 4 is 0 Å². The molecule has 0 heterocycles. The van der Waals surface area contributed by atoms with Gasteiger partial charge in [0.2, 0.25) is 0 Å². The molecule has 2 rings (SSSR count). The predicted molar refractivity (Wildman–Crippen MR) is 76.0 cm³/mol. The van der Waals surface area contributed by atoms with E-state index in [4.69, 9.17) is 0 Å². The van der Waals surface area contributed by atoms with E-state index in [9.17, 15) is 26.3 Å². The number of hydrogen-bond acceptors (Lipinski definition) is 1. The first-order chi connectivity index (χ1) is 11.2. The summed E-state index contributed by atoms with van der Waals surface area (Å²) in [6.45, 7) is 3.08. The molecule has 0 aromatic heterocycles. The smallest absolute Gasteiger partial charge is 0.423 e. The highest BCUT2D eigenvalue weighted by molar-refractivity contribution is 5.33. The van der Waals surface area contributed by atoms with Crippen LogP contribution in [-0.4, -0.2) is 0 Å². The third kappa shape index (κ3) is 3.49. The van der Waals surface area contributed by atoms with E-state index in [2.05, 4.69) is 4.74 Å². The summed E-state index contributed by atoms with van der Waals surface area (Å²) in [6.07, 6.45) is -4.06. The SMILES string of the molecule is CCc1cc(F)c(OC(F)(F)c2cc(F)c(CC)c(F)c2)c(F)c1. The molecule has 0 saturated heterocycles. The minimum Gasteiger partial charge on any atom is -0.423 e. The first kappa shape index (κ1) is 18.2. The van der Waals surface area contributed by atoms with Gasteiger partial charge in [-0.2, -0.15) is 8.78 Å². The van der Waals surface area contributed by atoms with Gasteiger partial charge in [0.25, 0.3) is 0 Å². The van der Waals surface area contributed by atoms with Gasteiger partial charge >= 0.3 is 6.11 Å². The zero-order valence-electron chi connectivity index (χ0n) is 12.9. The van der Waals surface area contributed by atoms with Crippen molar-refractivity contribution in [3.8, 4) is 5.75 Å². The van der Waals surface area contributed by atoms with Crippen LogP contribution in [0.1, 0.15) is 30.5 Å². The van der Waals surface area contributed by atoms with Crippen molar-refractivity contribution in [1.29, 1.82) is 0 Å². The molecule has 0 spiro atoms. The van der Waals surface area contributed by atoms with Crippen molar-refractivity contribution in [3.63, 3.8) is 0 Å². The molecule has 2 aromatic carbocycles. The summed E-state index contributed by atoms with van der Waals surface area (Å²) in [4.78, 5) is 0. The highest BCUT2D eigenvalue weighted by Gasteiger charge is 2.38. The Bertz CT molecular complexity index is 711. The molecule has 0 bridgehead atoms. The molecule has 1 nitrogen and oxygen atoms in total. The molecule has 130 valence electrons. The standard InChI is InChI=1S/C17H14F6O/c1-3-9-5-14(20)16(15(21)6-9)24-17(22,23)10-7-12(18)11(4-2)13(19)8-10/h5-8H,3-4H2,1-2H3. The van der Waals surface area contributed by atoms with Gasteiger partial charge in [0.05, 0.1) is 5.56 Å². The third-order valence-corrected chi connectivity index (χ3v) is 3.53. The minimum absolute atomic E-state index is 0.0356. The molecule has 0 amide bonds. The Balaban J connectivity index is 2.42. The fourth-order valence-electron chi connectivity index (χ4n) is 2.21. The number of aryl methyl sites for hydroxylation is 1. The lowest BCUT2D eigenvalue weighted by atomic mass is 10.1. The summed E-state index contributed by atoms with van der Waals surface area (Å²) in [5.74, 6) is -6.32. The number of halogens is 6. The zero-order chi connectivity index (χ0) is 18.1. The van der Waals surface area contributed by atoms with Crippen LogP contribution in [0, 0.1) is 23.3 Å². The average Bonchev–Trinajstić information content (AvgIpc) is 2.50. The van der Waals surface area contributed by atoms with Gasteiger partial charge in [0.1, 0.15) is 11.6 Å². The van der Waals surface area contributed by atoms with Crippen LogP contribution in [-0.2, 0) is 19.0 Å². The second-order valence-electron chi connectivity index (χ2n) is 5.13. The number of alkyl halides is 2. The maximum atomic E-state index is 14.1. The second-order valence-corrected chi connectivity index (χ2v) is 5.13. The highest BCUT2D eigenvalue weighted by atomic mass is 19.3. The third-order valence-electron chi connectivity index (χ3n) is 3.53. The molecule has 24 heavy (non-hydrogen) atoms. The Kier molecular flexibility index (Phi) is 5.11. The van der Waals surface area contributed by atoms with Crippen LogP contribution in [0.2, 0.25) is 0 Å². The molecule has 7 heteroatoms. The normalized spacial score (nSPS) is 11.7. The van der Waals surface area contributed by atoms with Crippen LogP contribution in [0.15, 0.2) is 24.3 Å². The van der Waals surface area contributed by atoms with Crippen molar-refractivity contribution in [2.75, 3.05) is 0 Å². The molecule has 0 aliphatic heterocycles. The van der Waals surface area contributed by atoms with Crippen molar-refractivity contribution in [1.82, 2.24) is 0 Å². The Hall–Kier alpha value is -2.18.